The molecule has 0 unspecified atom stereocenters. The van der Waals surface area contributed by atoms with Crippen LogP contribution in [-0.4, -0.2) is 13.1 Å². The van der Waals surface area contributed by atoms with E-state index in [1.165, 1.54) is 47.7 Å². The molecule has 1 nitrogen and oxygen atoms in total. The van der Waals surface area contributed by atoms with Gasteiger partial charge in [-0.2, -0.15) is 0 Å². The molecule has 1 N–H and O–H groups in total. The molecular formula is C18H26BrN. The van der Waals surface area contributed by atoms with E-state index in [4.69, 9.17) is 0 Å². The lowest BCUT2D eigenvalue weighted by Crippen LogP contribution is -2.22. The fraction of sp³-hybridized carbons (Fsp3) is 0.556. The van der Waals surface area contributed by atoms with Crippen LogP contribution in [0.5, 0.6) is 0 Å². The monoisotopic (exact) mass is 335 g/mol. The minimum atomic E-state index is 0.784. The van der Waals surface area contributed by atoms with Gasteiger partial charge in [0.05, 0.1) is 0 Å². The standard InChI is InChI=1S/C18H26BrN/c1-3-20-13-17(16-7-5-4-6-8-16)12-15-9-10-18(19)14(2)11-15/h9-12,16,20H,3-8,13H2,1-2H3/b17-12-. The minimum Gasteiger partial charge on any atom is -0.313 e. The maximum atomic E-state index is 3.58. The lowest BCUT2D eigenvalue weighted by atomic mass is 9.83. The molecule has 2 rings (SSSR count). The summed E-state index contributed by atoms with van der Waals surface area (Å²) in [6, 6.07) is 6.65. The number of nitrogens with one attached hydrogen (secondary N) is 1. The predicted molar refractivity (Wildman–Crippen MR) is 92.0 cm³/mol. The van der Waals surface area contributed by atoms with Crippen LogP contribution in [0.25, 0.3) is 6.08 Å². The summed E-state index contributed by atoms with van der Waals surface area (Å²) in [5.41, 5.74) is 4.24. The fourth-order valence-corrected chi connectivity index (χ4v) is 3.27. The molecule has 20 heavy (non-hydrogen) atoms. The normalized spacial score (nSPS) is 17.4. The second-order valence-electron chi connectivity index (χ2n) is 5.84. The molecule has 1 aliphatic rings. The van der Waals surface area contributed by atoms with Gasteiger partial charge in [0.2, 0.25) is 0 Å². The van der Waals surface area contributed by atoms with E-state index in [-0.39, 0.29) is 0 Å². The van der Waals surface area contributed by atoms with Gasteiger partial charge in [-0.15, -0.1) is 0 Å². The maximum absolute atomic E-state index is 3.58. The largest absolute Gasteiger partial charge is 0.313 e. The average Bonchev–Trinajstić information content (AvgIpc) is 2.48. The molecule has 1 saturated carbocycles. The third-order valence-corrected chi connectivity index (χ3v) is 5.13. The first-order chi connectivity index (χ1) is 9.70. The van der Waals surface area contributed by atoms with Crippen LogP contribution < -0.4 is 5.32 Å². The number of halogens is 1. The van der Waals surface area contributed by atoms with Crippen LogP contribution in [0.1, 0.15) is 50.2 Å². The molecule has 1 aromatic carbocycles. The Hall–Kier alpha value is -0.600. The number of benzene rings is 1. The Morgan fingerprint density at radius 1 is 1.30 bits per heavy atom. The van der Waals surface area contributed by atoms with E-state index in [9.17, 15) is 0 Å². The van der Waals surface area contributed by atoms with Gasteiger partial charge in [0.1, 0.15) is 0 Å². The Morgan fingerprint density at radius 3 is 2.70 bits per heavy atom. The number of rotatable bonds is 5. The van der Waals surface area contributed by atoms with Crippen LogP contribution in [0.2, 0.25) is 0 Å². The highest BCUT2D eigenvalue weighted by Crippen LogP contribution is 2.31. The molecule has 110 valence electrons. The molecule has 1 aliphatic carbocycles. The SMILES string of the molecule is CCNC/C(=C/c1ccc(Br)c(C)c1)C1CCCCC1. The maximum Gasteiger partial charge on any atom is 0.0204 e. The first-order valence-electron chi connectivity index (χ1n) is 7.88. The van der Waals surface area contributed by atoms with E-state index in [1.807, 2.05) is 0 Å². The van der Waals surface area contributed by atoms with Crippen molar-refractivity contribution in [1.29, 1.82) is 0 Å². The van der Waals surface area contributed by atoms with E-state index in [0.717, 1.165) is 19.0 Å². The molecule has 0 radical (unpaired) electrons. The van der Waals surface area contributed by atoms with Crippen LogP contribution in [0.15, 0.2) is 28.2 Å². The van der Waals surface area contributed by atoms with Crippen molar-refractivity contribution in [2.24, 2.45) is 5.92 Å². The highest BCUT2D eigenvalue weighted by atomic mass is 79.9. The van der Waals surface area contributed by atoms with Crippen molar-refractivity contribution >= 4 is 22.0 Å². The molecule has 0 atom stereocenters. The summed E-state index contributed by atoms with van der Waals surface area (Å²) in [5.74, 6) is 0.784. The van der Waals surface area contributed by atoms with Gasteiger partial charge >= 0.3 is 0 Å². The minimum absolute atomic E-state index is 0.784. The van der Waals surface area contributed by atoms with Crippen molar-refractivity contribution in [3.8, 4) is 0 Å². The smallest absolute Gasteiger partial charge is 0.0204 e. The molecule has 0 saturated heterocycles. The summed E-state index contributed by atoms with van der Waals surface area (Å²) in [6.45, 7) is 6.42. The van der Waals surface area contributed by atoms with Crippen LogP contribution in [0.3, 0.4) is 0 Å². The Kier molecular flexibility index (Phi) is 6.31. The topological polar surface area (TPSA) is 12.0 Å². The van der Waals surface area contributed by atoms with Crippen LogP contribution in [-0.2, 0) is 0 Å². The molecule has 1 aromatic rings. The zero-order valence-electron chi connectivity index (χ0n) is 12.7. The first-order valence-corrected chi connectivity index (χ1v) is 8.67. The predicted octanol–water partition coefficient (Wildman–Crippen LogP) is 5.33. The first kappa shape index (κ1) is 15.8. The zero-order valence-corrected chi connectivity index (χ0v) is 14.3. The second kappa shape index (κ2) is 7.99. The Balaban J connectivity index is 2.19. The highest BCUT2D eigenvalue weighted by Gasteiger charge is 2.17. The molecule has 1 fully saturated rings. The van der Waals surface area contributed by atoms with Crippen LogP contribution >= 0.6 is 15.9 Å². The molecule has 2 heteroatoms. The van der Waals surface area contributed by atoms with E-state index in [1.54, 1.807) is 5.57 Å². The van der Waals surface area contributed by atoms with Crippen molar-refractivity contribution in [2.75, 3.05) is 13.1 Å². The third-order valence-electron chi connectivity index (χ3n) is 4.24. The summed E-state index contributed by atoms with van der Waals surface area (Å²) in [4.78, 5) is 0. The molecule has 0 heterocycles. The van der Waals surface area contributed by atoms with Gasteiger partial charge in [-0.05, 0) is 49.4 Å². The van der Waals surface area contributed by atoms with Gasteiger partial charge in [0, 0.05) is 11.0 Å². The summed E-state index contributed by atoms with van der Waals surface area (Å²) in [5, 5.41) is 3.51. The Bertz CT molecular complexity index is 458. The molecule has 0 amide bonds. The van der Waals surface area contributed by atoms with E-state index >= 15 is 0 Å². The molecular weight excluding hydrogens is 310 g/mol. The van der Waals surface area contributed by atoms with Crippen molar-refractivity contribution in [1.82, 2.24) is 5.32 Å². The van der Waals surface area contributed by atoms with Crippen LogP contribution in [0.4, 0.5) is 0 Å². The quantitative estimate of drug-likeness (QED) is 0.766. The molecule has 0 aliphatic heterocycles. The summed E-state index contributed by atoms with van der Waals surface area (Å²) in [7, 11) is 0. The number of hydrogen-bond acceptors (Lipinski definition) is 1. The Morgan fingerprint density at radius 2 is 2.05 bits per heavy atom. The Labute approximate surface area is 132 Å². The molecule has 0 bridgehead atoms. The number of likely N-dealkylation sites (N-methyl/N-ethyl adjacent to an activating group) is 1. The summed E-state index contributed by atoms with van der Waals surface area (Å²) >= 11 is 3.58. The van der Waals surface area contributed by atoms with Gasteiger partial charge in [-0.3, -0.25) is 0 Å². The molecule has 0 aromatic heterocycles. The number of aryl methyl sites for hydroxylation is 1. The van der Waals surface area contributed by atoms with Gasteiger partial charge < -0.3 is 5.32 Å². The third kappa shape index (κ3) is 4.46. The lowest BCUT2D eigenvalue weighted by Gasteiger charge is -2.25. The fourth-order valence-electron chi connectivity index (χ4n) is 3.03. The van der Waals surface area contributed by atoms with E-state index < -0.39 is 0 Å². The zero-order chi connectivity index (χ0) is 14.4. The second-order valence-corrected chi connectivity index (χ2v) is 6.70. The summed E-state index contributed by atoms with van der Waals surface area (Å²) < 4.78 is 1.19. The van der Waals surface area contributed by atoms with E-state index in [2.05, 4.69) is 59.4 Å². The van der Waals surface area contributed by atoms with Gasteiger partial charge in [0.25, 0.3) is 0 Å². The van der Waals surface area contributed by atoms with Crippen molar-refractivity contribution in [3.05, 3.63) is 39.4 Å². The van der Waals surface area contributed by atoms with E-state index in [0.29, 0.717) is 0 Å². The number of hydrogen-bond donors (Lipinski definition) is 1. The highest BCUT2D eigenvalue weighted by molar-refractivity contribution is 9.10. The summed E-state index contributed by atoms with van der Waals surface area (Å²) in [6.07, 6.45) is 9.36. The van der Waals surface area contributed by atoms with Gasteiger partial charge in [-0.1, -0.05) is 65.9 Å². The average molecular weight is 336 g/mol. The lowest BCUT2D eigenvalue weighted by molar-refractivity contribution is 0.397. The van der Waals surface area contributed by atoms with Crippen LogP contribution in [0, 0.1) is 12.8 Å². The van der Waals surface area contributed by atoms with Crippen molar-refractivity contribution in [3.63, 3.8) is 0 Å². The van der Waals surface area contributed by atoms with Crippen molar-refractivity contribution in [2.45, 2.75) is 46.0 Å². The van der Waals surface area contributed by atoms with Crippen molar-refractivity contribution < 1.29 is 0 Å². The molecule has 0 spiro atoms. The van der Waals surface area contributed by atoms with Gasteiger partial charge in [0.15, 0.2) is 0 Å². The van der Waals surface area contributed by atoms with Gasteiger partial charge in [-0.25, -0.2) is 0 Å².